The number of aryl methyl sites for hydroxylation is 1. The maximum Gasteiger partial charge on any atom is 0.250 e. The number of hydrogen-bond acceptors (Lipinski definition) is 4. The van der Waals surface area contributed by atoms with E-state index >= 15 is 0 Å². The summed E-state index contributed by atoms with van der Waals surface area (Å²) in [6, 6.07) is 15.4. The van der Waals surface area contributed by atoms with Gasteiger partial charge in [0.1, 0.15) is 6.10 Å². The van der Waals surface area contributed by atoms with E-state index in [1.54, 1.807) is 28.0 Å². The zero-order valence-electron chi connectivity index (χ0n) is 17.1. The molecule has 3 aromatic rings. The predicted molar refractivity (Wildman–Crippen MR) is 136 cm³/mol. The van der Waals surface area contributed by atoms with Crippen LogP contribution in [0.2, 0.25) is 0 Å². The molecule has 1 atom stereocenters. The third-order valence-electron chi connectivity index (χ3n) is 4.56. The van der Waals surface area contributed by atoms with Crippen LogP contribution < -0.4 is 16.2 Å². The van der Waals surface area contributed by atoms with Gasteiger partial charge < -0.3 is 20.3 Å². The number of nitrogens with one attached hydrogen (secondary N) is 2. The number of unbranched alkanes of at least 4 members (excludes halogenated alkanes) is 1. The quantitative estimate of drug-likeness (QED) is 0.167. The molecule has 30 heavy (non-hydrogen) atoms. The summed E-state index contributed by atoms with van der Waals surface area (Å²) in [5.74, 6) is 0.699. The van der Waals surface area contributed by atoms with Gasteiger partial charge in [0.15, 0.2) is 5.96 Å². The Labute approximate surface area is 198 Å². The fourth-order valence-corrected chi connectivity index (χ4v) is 4.08. The molecule has 3 rings (SSSR count). The number of hydrogen-bond donors (Lipinski definition) is 3. The highest BCUT2D eigenvalue weighted by atomic mass is 127. The summed E-state index contributed by atoms with van der Waals surface area (Å²) < 4.78 is 2.90. The topological polar surface area (TPSA) is 78.7 Å². The highest BCUT2D eigenvalue weighted by Gasteiger charge is 2.11. The summed E-state index contributed by atoms with van der Waals surface area (Å²) >= 11 is 1.61. The van der Waals surface area contributed by atoms with Crippen LogP contribution in [0.4, 0.5) is 0 Å². The van der Waals surface area contributed by atoms with Crippen molar-refractivity contribution < 1.29 is 5.11 Å². The number of thiophene rings is 1. The van der Waals surface area contributed by atoms with Gasteiger partial charge in [-0.25, -0.2) is 0 Å². The lowest BCUT2D eigenvalue weighted by Gasteiger charge is -2.13. The van der Waals surface area contributed by atoms with Gasteiger partial charge in [-0.1, -0.05) is 24.3 Å². The van der Waals surface area contributed by atoms with Gasteiger partial charge >= 0.3 is 0 Å². The zero-order valence-corrected chi connectivity index (χ0v) is 20.2. The molecule has 0 aliphatic carbocycles. The monoisotopic (exact) mass is 540 g/mol. The first-order valence-corrected chi connectivity index (χ1v) is 10.8. The first-order chi connectivity index (χ1) is 14.2. The number of nitrogens with zero attached hydrogens (tertiary/aromatic N) is 2. The Morgan fingerprint density at radius 1 is 1.17 bits per heavy atom. The lowest BCUT2D eigenvalue weighted by molar-refractivity contribution is 0.191. The Balaban J connectivity index is 0.00000320. The molecule has 8 heteroatoms. The minimum absolute atomic E-state index is 0. The Kier molecular flexibility index (Phi) is 10.3. The molecule has 0 radical (unpaired) electrons. The van der Waals surface area contributed by atoms with E-state index < -0.39 is 6.10 Å². The van der Waals surface area contributed by atoms with Gasteiger partial charge in [-0.2, -0.15) is 0 Å². The number of aromatic nitrogens is 1. The van der Waals surface area contributed by atoms with Crippen molar-refractivity contribution in [3.8, 4) is 0 Å². The average molecular weight is 540 g/mol. The third-order valence-corrected chi connectivity index (χ3v) is 5.77. The van der Waals surface area contributed by atoms with E-state index in [4.69, 9.17) is 0 Å². The number of aliphatic hydroxyl groups is 1. The van der Waals surface area contributed by atoms with Crippen LogP contribution in [-0.4, -0.2) is 35.3 Å². The molecule has 0 aliphatic heterocycles. The Morgan fingerprint density at radius 2 is 1.97 bits per heavy atom. The van der Waals surface area contributed by atoms with Crippen molar-refractivity contribution in [2.24, 2.45) is 4.99 Å². The Hall–Kier alpha value is -1.91. The van der Waals surface area contributed by atoms with Crippen LogP contribution in [0.5, 0.6) is 0 Å². The second-order valence-electron chi connectivity index (χ2n) is 6.79. The molecule has 0 amide bonds. The zero-order chi connectivity index (χ0) is 20.5. The molecule has 1 aromatic carbocycles. The van der Waals surface area contributed by atoms with E-state index in [1.165, 1.54) is 4.70 Å². The van der Waals surface area contributed by atoms with Crippen molar-refractivity contribution in [3.05, 3.63) is 70.0 Å². The van der Waals surface area contributed by atoms with Gasteiger partial charge in [-0.15, -0.1) is 35.3 Å². The van der Waals surface area contributed by atoms with E-state index in [9.17, 15) is 9.90 Å². The van der Waals surface area contributed by atoms with Crippen LogP contribution in [-0.2, 0) is 6.54 Å². The van der Waals surface area contributed by atoms with Gasteiger partial charge in [0.05, 0.1) is 6.54 Å². The molecule has 6 nitrogen and oxygen atoms in total. The van der Waals surface area contributed by atoms with Crippen LogP contribution in [0.25, 0.3) is 10.1 Å². The normalized spacial score (nSPS) is 12.4. The summed E-state index contributed by atoms with van der Waals surface area (Å²) in [6.07, 6.45) is 3.02. The summed E-state index contributed by atoms with van der Waals surface area (Å²) in [5.41, 5.74) is 0.0329. The standard InChI is InChI=1S/C22H28N4O2S.HI/c1-2-23-22(24-12-6-8-14-26-13-7-5-11-21(26)28)25-16-18(27)20-15-17-9-3-4-10-19(17)29-20;/h3-5,7,9-11,13,15,18,27H,2,6,8,12,14,16H2,1H3,(H2,23,24,25);1H. The van der Waals surface area contributed by atoms with Crippen molar-refractivity contribution >= 4 is 51.4 Å². The lowest BCUT2D eigenvalue weighted by Crippen LogP contribution is -2.38. The SMILES string of the molecule is CCNC(=NCC(O)c1cc2ccccc2s1)NCCCCn1ccccc1=O.I. The number of guanidine groups is 1. The maximum absolute atomic E-state index is 11.7. The number of fused-ring (bicyclic) bond motifs is 1. The fourth-order valence-electron chi connectivity index (χ4n) is 3.04. The highest BCUT2D eigenvalue weighted by molar-refractivity contribution is 14.0. The van der Waals surface area contributed by atoms with Gasteiger partial charge in [0.25, 0.3) is 0 Å². The largest absolute Gasteiger partial charge is 0.386 e. The van der Waals surface area contributed by atoms with E-state index in [1.807, 2.05) is 37.4 Å². The van der Waals surface area contributed by atoms with Crippen LogP contribution in [0.15, 0.2) is 64.5 Å². The van der Waals surface area contributed by atoms with E-state index in [2.05, 4.69) is 27.8 Å². The number of benzene rings is 1. The Bertz CT molecular complexity index is 969. The molecule has 162 valence electrons. The highest BCUT2D eigenvalue weighted by Crippen LogP contribution is 2.29. The van der Waals surface area contributed by atoms with Crippen molar-refractivity contribution in [2.75, 3.05) is 19.6 Å². The molecule has 0 aliphatic rings. The molecule has 0 fully saturated rings. The van der Waals surface area contributed by atoms with Crippen molar-refractivity contribution in [1.82, 2.24) is 15.2 Å². The minimum Gasteiger partial charge on any atom is -0.386 e. The van der Waals surface area contributed by atoms with Gasteiger partial charge in [-0.05, 0) is 43.4 Å². The summed E-state index contributed by atoms with van der Waals surface area (Å²) in [4.78, 5) is 17.2. The molecule has 0 spiro atoms. The fraction of sp³-hybridized carbons (Fsp3) is 0.364. The smallest absolute Gasteiger partial charge is 0.250 e. The Morgan fingerprint density at radius 3 is 2.73 bits per heavy atom. The molecular formula is C22H29IN4O2S. The first kappa shape index (κ1) is 24.4. The van der Waals surface area contributed by atoms with E-state index in [0.29, 0.717) is 19.0 Å². The molecule has 3 N–H and O–H groups in total. The molecule has 0 saturated carbocycles. The van der Waals surface area contributed by atoms with Crippen LogP contribution in [0.1, 0.15) is 30.7 Å². The summed E-state index contributed by atoms with van der Waals surface area (Å²) in [5, 5.41) is 18.2. The number of rotatable bonds is 9. The molecule has 1 unspecified atom stereocenters. The van der Waals surface area contributed by atoms with Crippen molar-refractivity contribution in [3.63, 3.8) is 0 Å². The van der Waals surface area contributed by atoms with Gasteiger partial charge in [0.2, 0.25) is 5.56 Å². The predicted octanol–water partition coefficient (Wildman–Crippen LogP) is 3.75. The molecular weight excluding hydrogens is 511 g/mol. The lowest BCUT2D eigenvalue weighted by atomic mass is 10.2. The van der Waals surface area contributed by atoms with Crippen LogP contribution >= 0.6 is 35.3 Å². The van der Waals surface area contributed by atoms with Crippen LogP contribution in [0.3, 0.4) is 0 Å². The van der Waals surface area contributed by atoms with Crippen molar-refractivity contribution in [2.45, 2.75) is 32.4 Å². The molecule has 2 heterocycles. The third kappa shape index (κ3) is 7.10. The molecule has 0 saturated heterocycles. The van der Waals surface area contributed by atoms with E-state index in [0.717, 1.165) is 36.2 Å². The van der Waals surface area contributed by atoms with Crippen molar-refractivity contribution in [1.29, 1.82) is 0 Å². The second-order valence-corrected chi connectivity index (χ2v) is 7.90. The second kappa shape index (κ2) is 12.7. The number of aliphatic imine (C=N–C) groups is 1. The minimum atomic E-state index is -0.618. The van der Waals surface area contributed by atoms with E-state index in [-0.39, 0.29) is 29.5 Å². The summed E-state index contributed by atoms with van der Waals surface area (Å²) in [7, 11) is 0. The maximum atomic E-state index is 11.7. The summed E-state index contributed by atoms with van der Waals surface area (Å²) in [6.45, 7) is 4.54. The number of halogens is 1. The van der Waals surface area contributed by atoms with Crippen LogP contribution in [0, 0.1) is 0 Å². The van der Waals surface area contributed by atoms with Gasteiger partial charge in [0, 0.05) is 41.5 Å². The molecule has 0 bridgehead atoms. The average Bonchev–Trinajstić information content (AvgIpc) is 3.17. The first-order valence-electron chi connectivity index (χ1n) is 10.0. The number of pyridine rings is 1. The number of aliphatic hydroxyl groups excluding tert-OH is 1. The van der Waals surface area contributed by atoms with Gasteiger partial charge in [-0.3, -0.25) is 9.79 Å². The molecule has 2 aromatic heterocycles.